The van der Waals surface area contributed by atoms with Crippen LogP contribution in [0.5, 0.6) is 0 Å². The highest BCUT2D eigenvalue weighted by atomic mass is 35.5. The predicted octanol–water partition coefficient (Wildman–Crippen LogP) is 5.31. The van der Waals surface area contributed by atoms with Crippen molar-refractivity contribution >= 4 is 46.3 Å². The summed E-state index contributed by atoms with van der Waals surface area (Å²) in [4.78, 5) is 16.3. The molecule has 0 fully saturated rings. The summed E-state index contributed by atoms with van der Waals surface area (Å²) in [6, 6.07) is 18.3. The number of pyridine rings is 1. The van der Waals surface area contributed by atoms with Crippen LogP contribution < -0.4 is 10.6 Å². The average molecular weight is 372 g/mol. The smallest absolute Gasteiger partial charge is 0.228 e. The first kappa shape index (κ1) is 17.3. The quantitative estimate of drug-likeness (QED) is 0.638. The van der Waals surface area contributed by atoms with Crippen molar-refractivity contribution in [2.75, 3.05) is 10.6 Å². The van der Waals surface area contributed by atoms with E-state index >= 15 is 0 Å². The maximum Gasteiger partial charge on any atom is 0.228 e. The Kier molecular flexibility index (Phi) is 5.53. The normalized spacial score (nSPS) is 10.3. The molecule has 4 nitrogen and oxygen atoms in total. The zero-order valence-corrected chi connectivity index (χ0v) is 14.7. The van der Waals surface area contributed by atoms with Gasteiger partial charge in [0.05, 0.1) is 34.0 Å². The van der Waals surface area contributed by atoms with Gasteiger partial charge in [-0.15, -0.1) is 0 Å². The Morgan fingerprint density at radius 1 is 0.920 bits per heavy atom. The Labute approximate surface area is 155 Å². The van der Waals surface area contributed by atoms with Gasteiger partial charge >= 0.3 is 0 Å². The third-order valence-electron chi connectivity index (χ3n) is 3.47. The number of hydrogen-bond donors (Lipinski definition) is 2. The second-order valence-corrected chi connectivity index (χ2v) is 6.18. The van der Waals surface area contributed by atoms with E-state index in [1.165, 1.54) is 0 Å². The summed E-state index contributed by atoms with van der Waals surface area (Å²) >= 11 is 12.2. The number of hydrogen-bond acceptors (Lipinski definition) is 3. The Balaban J connectivity index is 1.63. The number of benzene rings is 2. The van der Waals surface area contributed by atoms with Gasteiger partial charge in [0, 0.05) is 0 Å². The van der Waals surface area contributed by atoms with Crippen LogP contribution in [0, 0.1) is 0 Å². The molecule has 0 saturated heterocycles. The van der Waals surface area contributed by atoms with Crippen LogP contribution in [0.15, 0.2) is 66.9 Å². The SMILES string of the molecule is O=C(Cc1ccccc1)Nc1ccc(Nc2c(Cl)cccc2Cl)nc1. The first-order valence-corrected chi connectivity index (χ1v) is 8.38. The molecule has 0 saturated carbocycles. The van der Waals surface area contributed by atoms with Crippen molar-refractivity contribution in [3.8, 4) is 0 Å². The molecule has 25 heavy (non-hydrogen) atoms. The van der Waals surface area contributed by atoms with Crippen LogP contribution in [0.1, 0.15) is 5.56 Å². The molecular formula is C19H15Cl2N3O. The van der Waals surface area contributed by atoms with Crippen molar-refractivity contribution in [2.24, 2.45) is 0 Å². The Morgan fingerprint density at radius 2 is 1.64 bits per heavy atom. The maximum atomic E-state index is 12.1. The van der Waals surface area contributed by atoms with Gasteiger partial charge in [0.15, 0.2) is 0 Å². The van der Waals surface area contributed by atoms with E-state index in [1.807, 2.05) is 30.3 Å². The number of nitrogens with zero attached hydrogens (tertiary/aromatic N) is 1. The van der Waals surface area contributed by atoms with Crippen LogP contribution >= 0.6 is 23.2 Å². The number of para-hydroxylation sites is 1. The van der Waals surface area contributed by atoms with E-state index in [2.05, 4.69) is 15.6 Å². The Morgan fingerprint density at radius 3 is 2.28 bits per heavy atom. The number of rotatable bonds is 5. The number of carbonyl (C=O) groups excluding carboxylic acids is 1. The minimum Gasteiger partial charge on any atom is -0.338 e. The molecule has 1 heterocycles. The van der Waals surface area contributed by atoms with Crippen LogP contribution in [0.25, 0.3) is 0 Å². The fourth-order valence-electron chi connectivity index (χ4n) is 2.27. The second-order valence-electron chi connectivity index (χ2n) is 5.36. The molecular weight excluding hydrogens is 357 g/mol. The fraction of sp³-hybridized carbons (Fsp3) is 0.0526. The van der Waals surface area contributed by atoms with Crippen LogP contribution in [-0.4, -0.2) is 10.9 Å². The molecule has 6 heteroatoms. The van der Waals surface area contributed by atoms with E-state index in [1.54, 1.807) is 36.5 Å². The van der Waals surface area contributed by atoms with Gasteiger partial charge in [0.2, 0.25) is 5.91 Å². The number of halogens is 2. The van der Waals surface area contributed by atoms with Gasteiger partial charge in [-0.2, -0.15) is 0 Å². The summed E-state index contributed by atoms with van der Waals surface area (Å²) < 4.78 is 0. The van der Waals surface area contributed by atoms with Crippen LogP contribution in [0.4, 0.5) is 17.2 Å². The third kappa shape index (κ3) is 4.72. The van der Waals surface area contributed by atoms with Gasteiger partial charge in [0.1, 0.15) is 5.82 Å². The summed E-state index contributed by atoms with van der Waals surface area (Å²) in [6.45, 7) is 0. The summed E-state index contributed by atoms with van der Waals surface area (Å²) in [5.41, 5.74) is 2.18. The van der Waals surface area contributed by atoms with Gasteiger partial charge in [-0.3, -0.25) is 4.79 Å². The molecule has 0 atom stereocenters. The Bertz CT molecular complexity index is 847. The highest BCUT2D eigenvalue weighted by Gasteiger charge is 2.07. The highest BCUT2D eigenvalue weighted by molar-refractivity contribution is 6.39. The van der Waals surface area contributed by atoms with Gasteiger partial charge in [-0.1, -0.05) is 59.6 Å². The molecule has 0 radical (unpaired) electrons. The van der Waals surface area contributed by atoms with Crippen molar-refractivity contribution in [3.05, 3.63) is 82.5 Å². The zero-order chi connectivity index (χ0) is 17.6. The van der Waals surface area contributed by atoms with Gasteiger partial charge in [-0.05, 0) is 29.8 Å². The third-order valence-corrected chi connectivity index (χ3v) is 4.10. The average Bonchev–Trinajstić information content (AvgIpc) is 2.60. The second kappa shape index (κ2) is 8.01. The van der Waals surface area contributed by atoms with E-state index < -0.39 is 0 Å². The van der Waals surface area contributed by atoms with Crippen LogP contribution in [-0.2, 0) is 11.2 Å². The lowest BCUT2D eigenvalue weighted by atomic mass is 10.1. The molecule has 0 aliphatic carbocycles. The van der Waals surface area contributed by atoms with Gasteiger partial charge in [0.25, 0.3) is 0 Å². The molecule has 1 amide bonds. The predicted molar refractivity (Wildman–Crippen MR) is 103 cm³/mol. The summed E-state index contributed by atoms with van der Waals surface area (Å²) in [5, 5.41) is 6.91. The molecule has 2 aromatic carbocycles. The number of anilines is 3. The molecule has 3 aromatic rings. The van der Waals surface area contributed by atoms with Crippen molar-refractivity contribution in [1.29, 1.82) is 0 Å². The summed E-state index contributed by atoms with van der Waals surface area (Å²) in [6.07, 6.45) is 1.89. The van der Waals surface area contributed by atoms with Gasteiger partial charge in [-0.25, -0.2) is 4.98 Å². The molecule has 2 N–H and O–H groups in total. The number of aromatic nitrogens is 1. The van der Waals surface area contributed by atoms with E-state index in [-0.39, 0.29) is 5.91 Å². The van der Waals surface area contributed by atoms with Crippen molar-refractivity contribution in [3.63, 3.8) is 0 Å². The molecule has 3 rings (SSSR count). The van der Waals surface area contributed by atoms with Crippen LogP contribution in [0.2, 0.25) is 10.0 Å². The minimum absolute atomic E-state index is 0.0946. The van der Waals surface area contributed by atoms with E-state index in [0.717, 1.165) is 5.56 Å². The van der Waals surface area contributed by atoms with E-state index in [4.69, 9.17) is 23.2 Å². The minimum atomic E-state index is -0.0946. The monoisotopic (exact) mass is 371 g/mol. The fourth-order valence-corrected chi connectivity index (χ4v) is 2.77. The first-order valence-electron chi connectivity index (χ1n) is 7.63. The molecule has 126 valence electrons. The van der Waals surface area contributed by atoms with Crippen molar-refractivity contribution in [2.45, 2.75) is 6.42 Å². The number of carbonyl (C=O) groups is 1. The highest BCUT2D eigenvalue weighted by Crippen LogP contribution is 2.32. The molecule has 0 aliphatic heterocycles. The zero-order valence-electron chi connectivity index (χ0n) is 13.2. The standard InChI is InChI=1S/C19H15Cl2N3O/c20-15-7-4-8-16(21)19(15)24-17-10-9-14(12-22-17)23-18(25)11-13-5-2-1-3-6-13/h1-10,12H,11H2,(H,22,24)(H,23,25). The molecule has 0 aliphatic rings. The number of amides is 1. The first-order chi connectivity index (χ1) is 12.1. The van der Waals surface area contributed by atoms with Crippen molar-refractivity contribution in [1.82, 2.24) is 4.98 Å². The maximum absolute atomic E-state index is 12.1. The summed E-state index contributed by atoms with van der Waals surface area (Å²) in [5.74, 6) is 0.485. The lowest BCUT2D eigenvalue weighted by molar-refractivity contribution is -0.115. The van der Waals surface area contributed by atoms with E-state index in [0.29, 0.717) is 33.7 Å². The summed E-state index contributed by atoms with van der Waals surface area (Å²) in [7, 11) is 0. The van der Waals surface area contributed by atoms with Crippen LogP contribution in [0.3, 0.4) is 0 Å². The van der Waals surface area contributed by atoms with Crippen molar-refractivity contribution < 1.29 is 4.79 Å². The lowest BCUT2D eigenvalue weighted by Gasteiger charge is -2.10. The molecule has 0 spiro atoms. The van der Waals surface area contributed by atoms with E-state index in [9.17, 15) is 4.79 Å². The Hall–Kier alpha value is -2.56. The molecule has 1 aromatic heterocycles. The largest absolute Gasteiger partial charge is 0.338 e. The lowest BCUT2D eigenvalue weighted by Crippen LogP contribution is -2.14. The molecule has 0 bridgehead atoms. The topological polar surface area (TPSA) is 54.0 Å². The van der Waals surface area contributed by atoms with Gasteiger partial charge < -0.3 is 10.6 Å². The molecule has 0 unspecified atom stereocenters. The number of nitrogens with one attached hydrogen (secondary N) is 2.